The molecule has 1 amide bonds. The third-order valence-corrected chi connectivity index (χ3v) is 3.51. The van der Waals surface area contributed by atoms with Gasteiger partial charge in [0.25, 0.3) is 5.91 Å². The Bertz CT molecular complexity index is 447. The third kappa shape index (κ3) is 2.88. The Kier molecular flexibility index (Phi) is 3.97. The SMILES string of the molecule is Cc1ccc(C(=O)NC2CCCNC2C)cc1F. The molecule has 2 N–H and O–H groups in total. The summed E-state index contributed by atoms with van der Waals surface area (Å²) in [6.45, 7) is 4.73. The Labute approximate surface area is 107 Å². The molecule has 0 radical (unpaired) electrons. The lowest BCUT2D eigenvalue weighted by Gasteiger charge is -2.30. The van der Waals surface area contributed by atoms with E-state index in [1.165, 1.54) is 6.07 Å². The maximum absolute atomic E-state index is 13.4. The number of carbonyl (C=O) groups is 1. The fourth-order valence-corrected chi connectivity index (χ4v) is 2.23. The van der Waals surface area contributed by atoms with E-state index in [2.05, 4.69) is 17.6 Å². The summed E-state index contributed by atoms with van der Waals surface area (Å²) in [6.07, 6.45) is 2.02. The fourth-order valence-electron chi connectivity index (χ4n) is 2.23. The van der Waals surface area contributed by atoms with Gasteiger partial charge in [0.05, 0.1) is 0 Å². The minimum Gasteiger partial charge on any atom is -0.348 e. The normalized spacial score (nSPS) is 23.7. The van der Waals surface area contributed by atoms with Crippen LogP contribution in [0.2, 0.25) is 0 Å². The summed E-state index contributed by atoms with van der Waals surface area (Å²) in [5.74, 6) is -0.535. The average molecular weight is 250 g/mol. The van der Waals surface area contributed by atoms with Gasteiger partial charge in [0, 0.05) is 17.6 Å². The van der Waals surface area contributed by atoms with E-state index in [0.717, 1.165) is 19.4 Å². The van der Waals surface area contributed by atoms with Crippen LogP contribution >= 0.6 is 0 Å². The number of hydrogen-bond acceptors (Lipinski definition) is 2. The molecule has 0 saturated carbocycles. The zero-order valence-corrected chi connectivity index (χ0v) is 10.8. The van der Waals surface area contributed by atoms with Crippen molar-refractivity contribution >= 4 is 5.91 Å². The summed E-state index contributed by atoms with van der Waals surface area (Å²) in [7, 11) is 0. The molecule has 0 aromatic heterocycles. The zero-order chi connectivity index (χ0) is 13.1. The number of amides is 1. The van der Waals surface area contributed by atoms with Crippen molar-refractivity contribution in [3.8, 4) is 0 Å². The summed E-state index contributed by atoms with van der Waals surface area (Å²) in [4.78, 5) is 12.0. The third-order valence-electron chi connectivity index (χ3n) is 3.51. The molecule has 18 heavy (non-hydrogen) atoms. The first kappa shape index (κ1) is 13.0. The molecule has 1 aliphatic rings. The monoisotopic (exact) mass is 250 g/mol. The van der Waals surface area contributed by atoms with Crippen LogP contribution in [-0.2, 0) is 0 Å². The molecule has 1 aliphatic heterocycles. The van der Waals surface area contributed by atoms with Crippen molar-refractivity contribution < 1.29 is 9.18 Å². The molecule has 4 heteroatoms. The van der Waals surface area contributed by atoms with Crippen molar-refractivity contribution in [3.05, 3.63) is 35.1 Å². The van der Waals surface area contributed by atoms with E-state index < -0.39 is 0 Å². The summed E-state index contributed by atoms with van der Waals surface area (Å²) < 4.78 is 13.4. The van der Waals surface area contributed by atoms with E-state index in [1.807, 2.05) is 0 Å². The van der Waals surface area contributed by atoms with Crippen LogP contribution in [0.25, 0.3) is 0 Å². The Morgan fingerprint density at radius 3 is 2.94 bits per heavy atom. The molecular formula is C14H19FN2O. The lowest BCUT2D eigenvalue weighted by Crippen LogP contribution is -2.51. The van der Waals surface area contributed by atoms with E-state index in [9.17, 15) is 9.18 Å². The van der Waals surface area contributed by atoms with Crippen LogP contribution < -0.4 is 10.6 Å². The van der Waals surface area contributed by atoms with Gasteiger partial charge in [0.2, 0.25) is 0 Å². The lowest BCUT2D eigenvalue weighted by atomic mass is 9.99. The number of nitrogens with one attached hydrogen (secondary N) is 2. The number of hydrogen-bond donors (Lipinski definition) is 2. The number of halogens is 1. The minimum atomic E-state index is -0.336. The Morgan fingerprint density at radius 1 is 1.50 bits per heavy atom. The van der Waals surface area contributed by atoms with Gasteiger partial charge in [-0.25, -0.2) is 4.39 Å². The molecule has 98 valence electrons. The van der Waals surface area contributed by atoms with E-state index in [0.29, 0.717) is 11.1 Å². The Hall–Kier alpha value is -1.42. The summed E-state index contributed by atoms with van der Waals surface area (Å²) in [6, 6.07) is 4.97. The molecule has 0 aliphatic carbocycles. The quantitative estimate of drug-likeness (QED) is 0.843. The lowest BCUT2D eigenvalue weighted by molar-refractivity contribution is 0.0919. The molecule has 1 saturated heterocycles. The van der Waals surface area contributed by atoms with E-state index in [1.54, 1.807) is 19.1 Å². The van der Waals surface area contributed by atoms with Crippen LogP contribution in [-0.4, -0.2) is 24.5 Å². The van der Waals surface area contributed by atoms with Crippen LogP contribution in [0, 0.1) is 12.7 Å². The topological polar surface area (TPSA) is 41.1 Å². The standard InChI is InChI=1S/C14H19FN2O/c1-9-5-6-11(8-12(9)15)14(18)17-13-4-3-7-16-10(13)2/h5-6,8,10,13,16H,3-4,7H2,1-2H3,(H,17,18). The number of rotatable bonds is 2. The van der Waals surface area contributed by atoms with Gasteiger partial charge in [0.15, 0.2) is 0 Å². The molecule has 2 atom stereocenters. The maximum atomic E-state index is 13.4. The molecule has 1 aromatic rings. The van der Waals surface area contributed by atoms with Crippen LogP contribution in [0.1, 0.15) is 35.7 Å². The highest BCUT2D eigenvalue weighted by molar-refractivity contribution is 5.94. The molecule has 3 nitrogen and oxygen atoms in total. The van der Waals surface area contributed by atoms with Crippen LogP contribution in [0.4, 0.5) is 4.39 Å². The molecule has 0 spiro atoms. The van der Waals surface area contributed by atoms with Crippen LogP contribution in [0.5, 0.6) is 0 Å². The van der Waals surface area contributed by atoms with Crippen molar-refractivity contribution in [2.45, 2.75) is 38.8 Å². The molecule has 1 fully saturated rings. The highest BCUT2D eigenvalue weighted by atomic mass is 19.1. The number of carbonyl (C=O) groups excluding carboxylic acids is 1. The summed E-state index contributed by atoms with van der Waals surface area (Å²) in [5, 5.41) is 6.28. The van der Waals surface area contributed by atoms with E-state index >= 15 is 0 Å². The predicted molar refractivity (Wildman–Crippen MR) is 69.1 cm³/mol. The summed E-state index contributed by atoms with van der Waals surface area (Å²) in [5.41, 5.74) is 0.940. The average Bonchev–Trinajstić information content (AvgIpc) is 2.35. The number of piperidine rings is 1. The first-order valence-electron chi connectivity index (χ1n) is 6.38. The molecule has 1 aromatic carbocycles. The van der Waals surface area contributed by atoms with Gasteiger partial charge in [-0.15, -0.1) is 0 Å². The van der Waals surface area contributed by atoms with Gasteiger partial charge in [-0.3, -0.25) is 4.79 Å². The number of benzene rings is 1. The second kappa shape index (κ2) is 5.48. The molecular weight excluding hydrogens is 231 g/mol. The van der Waals surface area contributed by atoms with Crippen molar-refractivity contribution in [2.24, 2.45) is 0 Å². The van der Waals surface area contributed by atoms with Gasteiger partial charge in [-0.1, -0.05) is 6.07 Å². The largest absolute Gasteiger partial charge is 0.348 e. The van der Waals surface area contributed by atoms with Crippen molar-refractivity contribution in [2.75, 3.05) is 6.54 Å². The molecule has 2 rings (SSSR count). The van der Waals surface area contributed by atoms with Crippen LogP contribution in [0.15, 0.2) is 18.2 Å². The number of aryl methyl sites for hydroxylation is 1. The highest BCUT2D eigenvalue weighted by Crippen LogP contribution is 2.12. The minimum absolute atomic E-state index is 0.121. The van der Waals surface area contributed by atoms with Crippen molar-refractivity contribution in [3.63, 3.8) is 0 Å². The van der Waals surface area contributed by atoms with Gasteiger partial charge in [-0.2, -0.15) is 0 Å². The Morgan fingerprint density at radius 2 is 2.28 bits per heavy atom. The Balaban J connectivity index is 2.04. The van der Waals surface area contributed by atoms with Crippen molar-refractivity contribution in [1.82, 2.24) is 10.6 Å². The van der Waals surface area contributed by atoms with Crippen LogP contribution in [0.3, 0.4) is 0 Å². The second-order valence-electron chi connectivity index (χ2n) is 4.93. The first-order chi connectivity index (χ1) is 8.58. The summed E-state index contributed by atoms with van der Waals surface area (Å²) >= 11 is 0. The maximum Gasteiger partial charge on any atom is 0.251 e. The van der Waals surface area contributed by atoms with Gasteiger partial charge < -0.3 is 10.6 Å². The molecule has 2 unspecified atom stereocenters. The predicted octanol–water partition coefficient (Wildman–Crippen LogP) is 2.00. The van der Waals surface area contributed by atoms with Crippen molar-refractivity contribution in [1.29, 1.82) is 0 Å². The fraction of sp³-hybridized carbons (Fsp3) is 0.500. The van der Waals surface area contributed by atoms with Gasteiger partial charge in [-0.05, 0) is 50.9 Å². The van der Waals surface area contributed by atoms with Gasteiger partial charge >= 0.3 is 0 Å². The van der Waals surface area contributed by atoms with Gasteiger partial charge in [0.1, 0.15) is 5.82 Å². The second-order valence-corrected chi connectivity index (χ2v) is 4.93. The molecule has 0 bridgehead atoms. The molecule has 1 heterocycles. The van der Waals surface area contributed by atoms with E-state index in [-0.39, 0.29) is 23.8 Å². The van der Waals surface area contributed by atoms with E-state index in [4.69, 9.17) is 0 Å². The first-order valence-corrected chi connectivity index (χ1v) is 6.38. The zero-order valence-electron chi connectivity index (χ0n) is 10.8. The highest BCUT2D eigenvalue weighted by Gasteiger charge is 2.22. The smallest absolute Gasteiger partial charge is 0.251 e.